The van der Waals surface area contributed by atoms with Gasteiger partial charge in [0.1, 0.15) is 11.6 Å². The SMILES string of the molecule is COc1ccc(CNc2c(Br)cc(Br)cc2Br)c(F)c1. The third kappa shape index (κ3) is 3.74. The van der Waals surface area contributed by atoms with Crippen LogP contribution in [0.15, 0.2) is 43.7 Å². The van der Waals surface area contributed by atoms with E-state index in [0.717, 1.165) is 19.1 Å². The fourth-order valence-corrected chi connectivity index (χ4v) is 4.23. The summed E-state index contributed by atoms with van der Waals surface area (Å²) in [6, 6.07) is 8.69. The molecule has 0 aliphatic heterocycles. The molecule has 0 atom stereocenters. The zero-order valence-corrected chi connectivity index (χ0v) is 15.3. The van der Waals surface area contributed by atoms with E-state index in [9.17, 15) is 4.39 Å². The first kappa shape index (κ1) is 15.8. The minimum atomic E-state index is -0.291. The van der Waals surface area contributed by atoms with Crippen molar-refractivity contribution in [3.05, 3.63) is 55.1 Å². The number of hydrogen-bond acceptors (Lipinski definition) is 2. The lowest BCUT2D eigenvalue weighted by atomic mass is 10.2. The van der Waals surface area contributed by atoms with E-state index in [0.29, 0.717) is 17.9 Å². The predicted molar refractivity (Wildman–Crippen MR) is 89.8 cm³/mol. The molecule has 0 bridgehead atoms. The van der Waals surface area contributed by atoms with Crippen molar-refractivity contribution in [2.45, 2.75) is 6.54 Å². The fourth-order valence-electron chi connectivity index (χ4n) is 1.69. The standard InChI is InChI=1S/C14H11Br3FNO/c1-20-10-3-2-8(13(18)6-10)7-19-14-11(16)4-9(15)5-12(14)17/h2-6,19H,7H2,1H3. The number of ether oxygens (including phenoxy) is 1. The van der Waals surface area contributed by atoms with E-state index in [2.05, 4.69) is 53.1 Å². The minimum Gasteiger partial charge on any atom is -0.497 e. The summed E-state index contributed by atoms with van der Waals surface area (Å²) in [5.41, 5.74) is 1.45. The highest BCUT2D eigenvalue weighted by molar-refractivity contribution is 9.11. The van der Waals surface area contributed by atoms with Gasteiger partial charge in [0.15, 0.2) is 0 Å². The van der Waals surface area contributed by atoms with Crippen molar-refractivity contribution in [2.75, 3.05) is 12.4 Å². The molecule has 2 aromatic rings. The van der Waals surface area contributed by atoms with Crippen molar-refractivity contribution < 1.29 is 9.13 Å². The third-order valence-corrected chi connectivity index (χ3v) is 4.43. The Balaban J connectivity index is 2.17. The molecule has 0 aliphatic carbocycles. The van der Waals surface area contributed by atoms with E-state index in [1.165, 1.54) is 13.2 Å². The second-order valence-corrected chi connectivity index (χ2v) is 6.68. The van der Waals surface area contributed by atoms with E-state index in [1.807, 2.05) is 12.1 Å². The fraction of sp³-hybridized carbons (Fsp3) is 0.143. The first-order valence-electron chi connectivity index (χ1n) is 5.72. The van der Waals surface area contributed by atoms with Crippen molar-refractivity contribution in [1.82, 2.24) is 0 Å². The van der Waals surface area contributed by atoms with Crippen molar-refractivity contribution in [1.29, 1.82) is 0 Å². The number of benzene rings is 2. The Kier molecular flexibility index (Phi) is 5.46. The normalized spacial score (nSPS) is 10.4. The molecule has 1 N–H and O–H groups in total. The molecule has 2 nitrogen and oxygen atoms in total. The van der Waals surface area contributed by atoms with Gasteiger partial charge in [-0.05, 0) is 50.1 Å². The van der Waals surface area contributed by atoms with Crippen LogP contribution in [0.1, 0.15) is 5.56 Å². The monoisotopic (exact) mass is 465 g/mol. The second kappa shape index (κ2) is 6.91. The van der Waals surface area contributed by atoms with Gasteiger partial charge in [0.05, 0.1) is 12.8 Å². The smallest absolute Gasteiger partial charge is 0.131 e. The van der Waals surface area contributed by atoms with Gasteiger partial charge in [0.25, 0.3) is 0 Å². The Morgan fingerprint density at radius 1 is 1.10 bits per heavy atom. The number of halogens is 4. The molecule has 106 valence electrons. The molecule has 0 heterocycles. The van der Waals surface area contributed by atoms with Crippen molar-refractivity contribution >= 4 is 53.5 Å². The molecule has 0 saturated carbocycles. The number of hydrogen-bond donors (Lipinski definition) is 1. The molecule has 6 heteroatoms. The summed E-state index contributed by atoms with van der Waals surface area (Å²) in [5.74, 6) is 0.221. The van der Waals surface area contributed by atoms with Crippen LogP contribution in [0.4, 0.5) is 10.1 Å². The van der Waals surface area contributed by atoms with Crippen molar-refractivity contribution in [3.8, 4) is 5.75 Å². The summed E-state index contributed by atoms with van der Waals surface area (Å²) in [7, 11) is 1.52. The van der Waals surface area contributed by atoms with Crippen LogP contribution >= 0.6 is 47.8 Å². The Hall–Kier alpha value is -0.590. The highest BCUT2D eigenvalue weighted by Crippen LogP contribution is 2.34. The molecule has 20 heavy (non-hydrogen) atoms. The number of nitrogens with one attached hydrogen (secondary N) is 1. The summed E-state index contributed by atoms with van der Waals surface area (Å²) in [5, 5.41) is 3.21. The molecule has 0 saturated heterocycles. The average Bonchev–Trinajstić information content (AvgIpc) is 2.39. The van der Waals surface area contributed by atoms with Gasteiger partial charge in [0, 0.05) is 31.6 Å². The van der Waals surface area contributed by atoms with Gasteiger partial charge >= 0.3 is 0 Å². The van der Waals surface area contributed by atoms with Gasteiger partial charge in [-0.15, -0.1) is 0 Å². The Bertz CT molecular complexity index is 611. The van der Waals surface area contributed by atoms with Crippen LogP contribution in [0.2, 0.25) is 0 Å². The van der Waals surface area contributed by atoms with Crippen molar-refractivity contribution in [3.63, 3.8) is 0 Å². The topological polar surface area (TPSA) is 21.3 Å². The van der Waals surface area contributed by atoms with Gasteiger partial charge in [-0.3, -0.25) is 0 Å². The van der Waals surface area contributed by atoms with E-state index >= 15 is 0 Å². The van der Waals surface area contributed by atoms with E-state index < -0.39 is 0 Å². The molecule has 0 radical (unpaired) electrons. The first-order chi connectivity index (χ1) is 9.51. The van der Waals surface area contributed by atoms with Gasteiger partial charge in [-0.25, -0.2) is 4.39 Å². The maximum atomic E-state index is 13.9. The van der Waals surface area contributed by atoms with Crippen LogP contribution in [0.5, 0.6) is 5.75 Å². The molecular weight excluding hydrogens is 457 g/mol. The van der Waals surface area contributed by atoms with Crippen LogP contribution in [0, 0.1) is 5.82 Å². The number of rotatable bonds is 4. The van der Waals surface area contributed by atoms with Gasteiger partial charge < -0.3 is 10.1 Å². The Morgan fingerprint density at radius 3 is 2.30 bits per heavy atom. The van der Waals surface area contributed by atoms with E-state index in [4.69, 9.17) is 4.74 Å². The number of methoxy groups -OCH3 is 1. The van der Waals surface area contributed by atoms with E-state index in [-0.39, 0.29) is 5.82 Å². The molecule has 0 spiro atoms. The maximum Gasteiger partial charge on any atom is 0.131 e. The van der Waals surface area contributed by atoms with Crippen LogP contribution in [-0.2, 0) is 6.54 Å². The summed E-state index contributed by atoms with van der Waals surface area (Å²) in [6.45, 7) is 0.384. The Morgan fingerprint density at radius 2 is 1.75 bits per heavy atom. The quantitative estimate of drug-likeness (QED) is 0.619. The van der Waals surface area contributed by atoms with Gasteiger partial charge in [0.2, 0.25) is 0 Å². The minimum absolute atomic E-state index is 0.291. The van der Waals surface area contributed by atoms with Crippen molar-refractivity contribution in [2.24, 2.45) is 0 Å². The lowest BCUT2D eigenvalue weighted by Crippen LogP contribution is -2.03. The zero-order valence-electron chi connectivity index (χ0n) is 10.5. The maximum absolute atomic E-state index is 13.9. The average molecular weight is 468 g/mol. The summed E-state index contributed by atoms with van der Waals surface area (Å²) in [4.78, 5) is 0. The second-order valence-electron chi connectivity index (χ2n) is 4.06. The Labute approximate surface area is 142 Å². The lowest BCUT2D eigenvalue weighted by molar-refractivity contribution is 0.411. The highest BCUT2D eigenvalue weighted by atomic mass is 79.9. The summed E-state index contributed by atoms with van der Waals surface area (Å²) >= 11 is 10.4. The first-order valence-corrected chi connectivity index (χ1v) is 8.10. The molecule has 0 aromatic heterocycles. The van der Waals surface area contributed by atoms with E-state index in [1.54, 1.807) is 12.1 Å². The molecule has 0 unspecified atom stereocenters. The zero-order chi connectivity index (χ0) is 14.7. The molecule has 0 amide bonds. The molecule has 0 fully saturated rings. The third-order valence-electron chi connectivity index (χ3n) is 2.72. The molecule has 2 rings (SSSR count). The largest absolute Gasteiger partial charge is 0.497 e. The summed E-state index contributed by atoms with van der Waals surface area (Å²) in [6.07, 6.45) is 0. The van der Waals surface area contributed by atoms with Crippen LogP contribution in [0.25, 0.3) is 0 Å². The van der Waals surface area contributed by atoms with Crippen LogP contribution < -0.4 is 10.1 Å². The predicted octanol–water partition coefficient (Wildman–Crippen LogP) is 5.73. The van der Waals surface area contributed by atoms with Crippen LogP contribution in [-0.4, -0.2) is 7.11 Å². The molecule has 0 aliphatic rings. The van der Waals surface area contributed by atoms with Gasteiger partial charge in [-0.2, -0.15) is 0 Å². The van der Waals surface area contributed by atoms with Gasteiger partial charge in [-0.1, -0.05) is 22.0 Å². The van der Waals surface area contributed by atoms with Crippen LogP contribution in [0.3, 0.4) is 0 Å². The molecule has 2 aromatic carbocycles. The lowest BCUT2D eigenvalue weighted by Gasteiger charge is -2.12. The number of anilines is 1. The summed E-state index contributed by atoms with van der Waals surface area (Å²) < 4.78 is 21.6. The molecular formula is C14H11Br3FNO. The highest BCUT2D eigenvalue weighted by Gasteiger charge is 2.09.